The molecule has 49 heavy (non-hydrogen) atoms. The summed E-state index contributed by atoms with van der Waals surface area (Å²) in [6.07, 6.45) is 6.51. The topological polar surface area (TPSA) is 120 Å². The van der Waals surface area contributed by atoms with Gasteiger partial charge in [0, 0.05) is 42.9 Å². The molecule has 0 saturated carbocycles. The van der Waals surface area contributed by atoms with Crippen LogP contribution in [0.15, 0.2) is 119 Å². The number of amides is 1. The molecule has 12 heteroatoms. The van der Waals surface area contributed by atoms with Crippen LogP contribution in [0.4, 0.5) is 10.1 Å². The summed E-state index contributed by atoms with van der Waals surface area (Å²) in [5.74, 6) is 0.322. The van der Waals surface area contributed by atoms with Crippen molar-refractivity contribution in [2.75, 3.05) is 19.4 Å². The van der Waals surface area contributed by atoms with Crippen LogP contribution in [0.1, 0.15) is 15.9 Å². The first kappa shape index (κ1) is 31.2. The Morgan fingerprint density at radius 1 is 0.980 bits per heavy atom. The van der Waals surface area contributed by atoms with Crippen LogP contribution in [0, 0.1) is 5.82 Å². The molecule has 3 aromatic carbocycles. The highest BCUT2D eigenvalue weighted by atomic mass is 19.1. The molecule has 0 spiro atoms. The first-order valence-corrected chi connectivity index (χ1v) is 15.3. The third-order valence-corrected chi connectivity index (χ3v) is 7.76. The zero-order valence-corrected chi connectivity index (χ0v) is 26.8. The number of anilines is 1. The molecule has 0 aliphatic rings. The van der Waals surface area contributed by atoms with Crippen molar-refractivity contribution < 1.29 is 18.3 Å². The predicted molar refractivity (Wildman–Crippen MR) is 183 cm³/mol. The van der Waals surface area contributed by atoms with Crippen LogP contribution in [-0.2, 0) is 13.6 Å². The quantitative estimate of drug-likeness (QED) is 0.183. The molecule has 1 amide bonds. The maximum absolute atomic E-state index is 13.4. The van der Waals surface area contributed by atoms with Crippen molar-refractivity contribution in [3.8, 4) is 39.8 Å². The lowest BCUT2D eigenvalue weighted by molar-refractivity contribution is 0.102. The molecule has 0 fully saturated rings. The molecule has 4 aromatic heterocycles. The fraction of sp³-hybridized carbons (Fsp3) is 0.108. The minimum absolute atomic E-state index is 0.0675. The van der Waals surface area contributed by atoms with E-state index in [1.165, 1.54) is 47.4 Å². The average Bonchev–Trinajstić information content (AvgIpc) is 3.70. The monoisotopic (exact) mass is 655 g/mol. The van der Waals surface area contributed by atoms with Gasteiger partial charge in [-0.05, 0) is 92.0 Å². The number of furan rings is 1. The molecule has 11 nitrogen and oxygen atoms in total. The van der Waals surface area contributed by atoms with E-state index in [2.05, 4.69) is 37.4 Å². The van der Waals surface area contributed by atoms with Gasteiger partial charge in [0.2, 0.25) is 11.6 Å². The van der Waals surface area contributed by atoms with E-state index in [0.717, 1.165) is 28.8 Å². The Kier molecular flexibility index (Phi) is 8.29. The summed E-state index contributed by atoms with van der Waals surface area (Å²) in [5, 5.41) is 7.70. The van der Waals surface area contributed by atoms with Crippen LogP contribution in [0.25, 0.3) is 39.2 Å². The van der Waals surface area contributed by atoms with Crippen LogP contribution >= 0.6 is 0 Å². The summed E-state index contributed by atoms with van der Waals surface area (Å²) < 4.78 is 29.0. The summed E-state index contributed by atoms with van der Waals surface area (Å²) in [6.45, 7) is 0.753. The van der Waals surface area contributed by atoms with Crippen molar-refractivity contribution in [2.45, 2.75) is 6.54 Å². The number of nitrogens with one attached hydrogen (secondary N) is 1. The Labute approximate surface area is 279 Å². The Balaban J connectivity index is 1.19. The number of ether oxygens (including phenoxy) is 1. The third kappa shape index (κ3) is 6.45. The molecule has 1 N–H and O–H groups in total. The second-order valence-electron chi connectivity index (χ2n) is 11.7. The highest BCUT2D eigenvalue weighted by Crippen LogP contribution is 2.44. The molecule has 0 aliphatic heterocycles. The number of hydrogen-bond acceptors (Lipinski definition) is 8. The van der Waals surface area contributed by atoms with Crippen molar-refractivity contribution in [3.63, 3.8) is 0 Å². The number of carbonyl (C=O) groups is 1. The normalized spacial score (nSPS) is 11.3. The van der Waals surface area contributed by atoms with Gasteiger partial charge in [-0.15, -0.1) is 0 Å². The predicted octanol–water partition coefficient (Wildman–Crippen LogP) is 6.69. The second-order valence-corrected chi connectivity index (χ2v) is 11.7. The van der Waals surface area contributed by atoms with Gasteiger partial charge in [-0.25, -0.2) is 14.4 Å². The zero-order valence-electron chi connectivity index (χ0n) is 26.8. The molecule has 7 rings (SSSR count). The highest BCUT2D eigenvalue weighted by molar-refractivity contribution is 6.04. The molecule has 244 valence electrons. The third-order valence-electron chi connectivity index (χ3n) is 7.76. The number of benzene rings is 3. The maximum Gasteiger partial charge on any atom is 0.267 e. The molecular formula is C37H30FN7O4. The summed E-state index contributed by atoms with van der Waals surface area (Å²) in [5.41, 5.74) is 4.23. The lowest BCUT2D eigenvalue weighted by Crippen LogP contribution is -2.27. The maximum atomic E-state index is 13.4. The van der Waals surface area contributed by atoms with Gasteiger partial charge in [0.05, 0.1) is 11.8 Å². The first-order valence-electron chi connectivity index (χ1n) is 15.3. The van der Waals surface area contributed by atoms with Crippen molar-refractivity contribution in [1.29, 1.82) is 0 Å². The molecule has 0 saturated heterocycles. The fourth-order valence-electron chi connectivity index (χ4n) is 5.58. The van der Waals surface area contributed by atoms with E-state index in [1.807, 2.05) is 39.5 Å². The number of halogens is 1. The number of aromatic nitrogens is 5. The Morgan fingerprint density at radius 3 is 2.51 bits per heavy atom. The molecular weight excluding hydrogens is 625 g/mol. The van der Waals surface area contributed by atoms with E-state index < -0.39 is 17.3 Å². The van der Waals surface area contributed by atoms with Gasteiger partial charge < -0.3 is 19.4 Å². The van der Waals surface area contributed by atoms with Crippen LogP contribution in [0.5, 0.6) is 11.6 Å². The van der Waals surface area contributed by atoms with E-state index in [4.69, 9.17) is 9.15 Å². The van der Waals surface area contributed by atoms with Gasteiger partial charge in [0.1, 0.15) is 34.6 Å². The number of pyridine rings is 1. The Bertz CT molecular complexity index is 2360. The molecule has 0 bridgehead atoms. The van der Waals surface area contributed by atoms with E-state index in [0.29, 0.717) is 39.9 Å². The standard InChI is InChI=1S/C37H30FN7O4/c1-43(2)20-23-6-4-7-24(18-23)31-32-35(39-22-40-36(32)49-33(31)25-19-41-44(3)21-25)48-29-15-11-27(12-16-29)42-34(46)30-8-5-17-45(37(30)47)28-13-9-26(38)10-14-28/h4-19,21-22H,20H2,1-3H3,(H,42,46). The average molecular weight is 656 g/mol. The number of rotatable bonds is 9. The Morgan fingerprint density at radius 2 is 1.78 bits per heavy atom. The van der Waals surface area contributed by atoms with Gasteiger partial charge in [-0.3, -0.25) is 18.8 Å². The van der Waals surface area contributed by atoms with Crippen LogP contribution < -0.4 is 15.6 Å². The number of hydrogen-bond donors (Lipinski definition) is 1. The van der Waals surface area contributed by atoms with E-state index in [1.54, 1.807) is 41.2 Å². The van der Waals surface area contributed by atoms with Gasteiger partial charge in [-0.1, -0.05) is 18.2 Å². The van der Waals surface area contributed by atoms with Gasteiger partial charge in [0.15, 0.2) is 0 Å². The highest BCUT2D eigenvalue weighted by Gasteiger charge is 2.24. The molecule has 0 radical (unpaired) electrons. The SMILES string of the molecule is CN(C)Cc1cccc(-c2c(-c3cnn(C)c3)oc3ncnc(Oc4ccc(NC(=O)c5cccn(-c6ccc(F)cc6)c5=O)cc4)c23)c1. The van der Waals surface area contributed by atoms with Gasteiger partial charge in [-0.2, -0.15) is 5.10 Å². The molecule has 0 unspecified atom stereocenters. The van der Waals surface area contributed by atoms with Crippen LogP contribution in [0.2, 0.25) is 0 Å². The largest absolute Gasteiger partial charge is 0.438 e. The number of nitrogens with zero attached hydrogens (tertiary/aromatic N) is 6. The van der Waals surface area contributed by atoms with Gasteiger partial charge >= 0.3 is 0 Å². The van der Waals surface area contributed by atoms with E-state index in [9.17, 15) is 14.0 Å². The minimum atomic E-state index is -0.588. The second kappa shape index (κ2) is 13.0. The number of aryl methyl sites for hydroxylation is 1. The number of carbonyl (C=O) groups excluding carboxylic acids is 1. The molecule has 4 heterocycles. The lowest BCUT2D eigenvalue weighted by atomic mass is 9.99. The van der Waals surface area contributed by atoms with E-state index >= 15 is 0 Å². The summed E-state index contributed by atoms with van der Waals surface area (Å²) >= 11 is 0. The molecule has 7 aromatic rings. The van der Waals surface area contributed by atoms with Crippen molar-refractivity contribution in [3.05, 3.63) is 137 Å². The van der Waals surface area contributed by atoms with Crippen LogP contribution in [-0.4, -0.2) is 49.2 Å². The number of fused-ring (bicyclic) bond motifs is 1. The molecule has 0 aliphatic carbocycles. The smallest absolute Gasteiger partial charge is 0.267 e. The lowest BCUT2D eigenvalue weighted by Gasteiger charge is -2.12. The minimum Gasteiger partial charge on any atom is -0.438 e. The summed E-state index contributed by atoms with van der Waals surface area (Å²) in [7, 11) is 5.88. The van der Waals surface area contributed by atoms with Gasteiger partial charge in [0.25, 0.3) is 11.5 Å². The molecule has 0 atom stereocenters. The Hall–Kier alpha value is -6.40. The van der Waals surface area contributed by atoms with Crippen molar-refractivity contribution in [1.82, 2.24) is 29.2 Å². The summed E-state index contributed by atoms with van der Waals surface area (Å²) in [4.78, 5) is 37.2. The fourth-order valence-corrected chi connectivity index (χ4v) is 5.58. The van der Waals surface area contributed by atoms with Crippen LogP contribution in [0.3, 0.4) is 0 Å². The van der Waals surface area contributed by atoms with E-state index in [-0.39, 0.29) is 5.56 Å². The summed E-state index contributed by atoms with van der Waals surface area (Å²) in [6, 6.07) is 23.4. The first-order chi connectivity index (χ1) is 23.7. The zero-order chi connectivity index (χ0) is 34.1. The van der Waals surface area contributed by atoms with Crippen molar-refractivity contribution >= 4 is 22.7 Å². The van der Waals surface area contributed by atoms with Crippen molar-refractivity contribution in [2.24, 2.45) is 7.05 Å².